The summed E-state index contributed by atoms with van der Waals surface area (Å²) in [6, 6.07) is 11.7. The molecule has 2 amide bonds. The molecule has 0 saturated carbocycles. The molecule has 24 heteroatoms. The van der Waals surface area contributed by atoms with E-state index in [9.17, 15) is 28.8 Å². The number of ether oxygens (including phenoxy) is 4. The first-order chi connectivity index (χ1) is 26.8. The Morgan fingerprint density at radius 3 is 1.25 bits per heavy atom. The van der Waals surface area contributed by atoms with Crippen molar-refractivity contribution < 1.29 is 131 Å². The second kappa shape index (κ2) is 42.2. The Morgan fingerprint density at radius 2 is 1.02 bits per heavy atom. The summed E-state index contributed by atoms with van der Waals surface area (Å²) in [6.07, 6.45) is 0. The number of ketones is 2. The summed E-state index contributed by atoms with van der Waals surface area (Å²) in [5, 5.41) is 32.0. The molecule has 0 aromatic heterocycles. The molecular weight excluding hydrogens is 982 g/mol. The predicted molar refractivity (Wildman–Crippen MR) is 202 cm³/mol. The molecule has 0 bridgehead atoms. The number of nitrogens with one attached hydrogen (secondary N) is 1. The molecule has 0 aliphatic heterocycles. The molecule has 1 atom stereocenters. The van der Waals surface area contributed by atoms with Crippen LogP contribution in [0.2, 0.25) is 0 Å². The first-order valence-electron chi connectivity index (χ1n) is 15.8. The molecule has 2 aromatic carbocycles. The van der Waals surface area contributed by atoms with Gasteiger partial charge in [-0.1, -0.05) is 0 Å². The van der Waals surface area contributed by atoms with Crippen LogP contribution in [0.15, 0.2) is 48.5 Å². The third-order valence-electron chi connectivity index (χ3n) is 4.79. The zero-order valence-corrected chi connectivity index (χ0v) is 37.2. The number of carbonyl (C=O) groups excluding carboxylic acids is 6. The third kappa shape index (κ3) is 46.0. The average molecular weight is 1030 g/mol. The van der Waals surface area contributed by atoms with Crippen molar-refractivity contribution in [1.82, 2.24) is 5.32 Å². The minimum atomic E-state index is -1.29. The van der Waals surface area contributed by atoms with E-state index in [-0.39, 0.29) is 52.2 Å². The largest absolute Gasteiger partial charge is 0.497 e. The fourth-order valence-corrected chi connectivity index (χ4v) is 2.68. The van der Waals surface area contributed by atoms with Crippen molar-refractivity contribution in [3.63, 3.8) is 0 Å². The zero-order chi connectivity index (χ0) is 46.6. The number of primary amides is 1. The first kappa shape index (κ1) is 68.3. The van der Waals surface area contributed by atoms with E-state index in [1.807, 2.05) is 0 Å². The van der Waals surface area contributed by atoms with E-state index in [0.29, 0.717) is 16.9 Å². The standard InChI is InChI=1S/C14H17NO5.C8H9NO2.C6H7N2O3.4C2H4O2.2Rh/c1-4-20-14(18)12(9(2)16)15-13(17)10-5-7-11(19-3)8-6-10;1-11-7-4-2-6(3-5-7)8(9)10;1-3-11-6(10)5(8-7)4(2)9;4*1-2(3)4;;/h5-8,12H,4H2,1-3H3,(H,15,17);2-5H,1H3,(H2,9,10);1,3H2,2H3;4*1H3,(H,3,4);;/q;;+1;;;;;;. The summed E-state index contributed by atoms with van der Waals surface area (Å²) in [7, 11) is 3.08. The smallest absolute Gasteiger partial charge is 0.441 e. The number of carboxylic acid groups (broad SMARTS) is 4. The van der Waals surface area contributed by atoms with E-state index in [2.05, 4.69) is 21.8 Å². The van der Waals surface area contributed by atoms with Crippen LogP contribution in [0.1, 0.15) is 69.2 Å². The van der Waals surface area contributed by atoms with E-state index < -0.39 is 71.0 Å². The average Bonchev–Trinajstić information content (AvgIpc) is 3.10. The molecule has 2 rings (SSSR count). The molecule has 7 N–H and O–H groups in total. The van der Waals surface area contributed by atoms with Gasteiger partial charge >= 0.3 is 17.7 Å². The number of nitrogens with two attached hydrogens (primary N) is 1. The van der Waals surface area contributed by atoms with Crippen LogP contribution in [0.3, 0.4) is 0 Å². The number of hydrogen-bond acceptors (Lipinski definition) is 14. The van der Waals surface area contributed by atoms with Crippen LogP contribution in [0.5, 0.6) is 11.5 Å². The number of hydrogen-bond donors (Lipinski definition) is 6. The number of amides is 2. The SMILES string of the molecule is CC(=O)O.CC(=O)O.CC(=O)O.CC(=O)O.CCOC(=O)C(NC(=O)c1ccc(OC)cc1)C(C)=O.COc1ccc(C(N)=O)cc1.[CH2+]COC(=O)C(=[N+]=[N-])C(C)=O.[Rh].[Rh]. The predicted octanol–water partition coefficient (Wildman–Crippen LogP) is 1.72. The number of methoxy groups -OCH3 is 2. The minimum Gasteiger partial charge on any atom is -0.497 e. The number of carbonyl (C=O) groups is 10. The fourth-order valence-electron chi connectivity index (χ4n) is 2.68. The van der Waals surface area contributed by atoms with Gasteiger partial charge in [-0.2, -0.15) is 4.79 Å². The summed E-state index contributed by atoms with van der Waals surface area (Å²) in [5.41, 5.74) is 13.4. The van der Waals surface area contributed by atoms with Crippen molar-refractivity contribution in [2.24, 2.45) is 5.73 Å². The van der Waals surface area contributed by atoms with Gasteiger partial charge in [0.2, 0.25) is 18.3 Å². The van der Waals surface area contributed by atoms with E-state index in [1.54, 1.807) is 50.4 Å². The van der Waals surface area contributed by atoms with E-state index in [0.717, 1.165) is 40.4 Å². The minimum absolute atomic E-state index is 0. The van der Waals surface area contributed by atoms with Gasteiger partial charge in [0.1, 0.15) is 18.4 Å². The molecule has 2 aromatic rings. The second-order valence-electron chi connectivity index (χ2n) is 9.81. The maximum absolute atomic E-state index is 12.0. The van der Waals surface area contributed by atoms with Gasteiger partial charge in [-0.15, -0.1) is 0 Å². The molecule has 0 aliphatic carbocycles. The number of nitrogens with zero attached hydrogens (tertiary/aromatic N) is 2. The Bertz CT molecular complexity index is 1630. The van der Waals surface area contributed by atoms with Crippen LogP contribution >= 0.6 is 0 Å². The third-order valence-corrected chi connectivity index (χ3v) is 4.79. The van der Waals surface area contributed by atoms with Gasteiger partial charge in [0.15, 0.2) is 11.8 Å². The zero-order valence-electron chi connectivity index (χ0n) is 34.0. The van der Waals surface area contributed by atoms with Crippen LogP contribution in [-0.4, -0.2) is 124 Å². The van der Waals surface area contributed by atoms with Gasteiger partial charge in [-0.25, -0.2) is 9.59 Å². The van der Waals surface area contributed by atoms with E-state index in [1.165, 1.54) is 26.2 Å². The van der Waals surface area contributed by atoms with E-state index in [4.69, 9.17) is 65.1 Å². The maximum Gasteiger partial charge on any atom is 0.441 e. The number of carboxylic acids is 4. The number of benzene rings is 2. The summed E-state index contributed by atoms with van der Waals surface area (Å²) in [4.78, 5) is 105. The van der Waals surface area contributed by atoms with Gasteiger partial charge in [0.25, 0.3) is 29.8 Å². The van der Waals surface area contributed by atoms with Crippen LogP contribution in [-0.2, 0) is 86.8 Å². The number of aliphatic carboxylic acids is 4. The summed E-state index contributed by atoms with van der Waals surface area (Å²) in [5.74, 6) is -5.81. The molecule has 1 unspecified atom stereocenters. The van der Waals surface area contributed by atoms with Gasteiger partial charge in [0, 0.05) is 84.7 Å². The van der Waals surface area contributed by atoms with Crippen LogP contribution in [0, 0.1) is 6.92 Å². The summed E-state index contributed by atoms with van der Waals surface area (Å²) >= 11 is 0. The Hall–Kier alpha value is -6.36. The number of Topliss-reactive ketones (excluding diaryl/α,β-unsaturated/α-hetero) is 2. The van der Waals surface area contributed by atoms with E-state index >= 15 is 0 Å². The monoisotopic (exact) mass is 1030 g/mol. The maximum atomic E-state index is 12.0. The van der Waals surface area contributed by atoms with Crippen molar-refractivity contribution >= 4 is 64.9 Å². The topological polar surface area (TPSA) is 363 Å². The van der Waals surface area contributed by atoms with Crippen LogP contribution in [0.25, 0.3) is 5.53 Å². The Labute approximate surface area is 371 Å². The second-order valence-corrected chi connectivity index (χ2v) is 9.81. The Kier molecular flexibility index (Phi) is 48.1. The van der Waals surface area contributed by atoms with Crippen molar-refractivity contribution in [2.75, 3.05) is 27.4 Å². The van der Waals surface area contributed by atoms with Crippen LogP contribution < -0.4 is 20.5 Å². The van der Waals surface area contributed by atoms with Gasteiger partial charge in [-0.3, -0.25) is 38.4 Å². The summed E-state index contributed by atoms with van der Waals surface area (Å²) in [6.45, 7) is 11.5. The number of rotatable bonds is 11. The summed E-state index contributed by atoms with van der Waals surface area (Å²) < 4.78 is 18.9. The molecular formula is C36H49N4O18Rh2+. The molecule has 0 saturated heterocycles. The first-order valence-corrected chi connectivity index (χ1v) is 15.8. The normalized spacial score (nSPS) is 8.62. The van der Waals surface area contributed by atoms with Gasteiger partial charge in [0.05, 0.1) is 20.8 Å². The van der Waals surface area contributed by atoms with Crippen molar-refractivity contribution in [3.05, 3.63) is 72.1 Å². The molecule has 0 heterocycles. The molecule has 0 aliphatic rings. The number of esters is 2. The molecule has 0 fully saturated rings. The van der Waals surface area contributed by atoms with Crippen molar-refractivity contribution in [3.8, 4) is 11.5 Å². The molecule has 60 heavy (non-hydrogen) atoms. The molecule has 338 valence electrons. The molecule has 2 radical (unpaired) electrons. The fraction of sp³-hybridized carbons (Fsp3) is 0.333. The quantitative estimate of drug-likeness (QED) is 0.0355. The van der Waals surface area contributed by atoms with Crippen molar-refractivity contribution in [1.29, 1.82) is 0 Å². The molecule has 22 nitrogen and oxygen atoms in total. The molecule has 0 spiro atoms. The Balaban J connectivity index is -0.000000121. The van der Waals surface area contributed by atoms with Crippen LogP contribution in [0.4, 0.5) is 0 Å². The Morgan fingerprint density at radius 1 is 0.683 bits per heavy atom. The van der Waals surface area contributed by atoms with Gasteiger partial charge in [-0.05, 0) is 62.4 Å². The van der Waals surface area contributed by atoms with Crippen molar-refractivity contribution in [2.45, 2.75) is 54.5 Å². The van der Waals surface area contributed by atoms with Gasteiger partial charge < -0.3 is 56.0 Å².